The van der Waals surface area contributed by atoms with Gasteiger partial charge < -0.3 is 14.6 Å². The van der Waals surface area contributed by atoms with Gasteiger partial charge in [-0.05, 0) is 36.8 Å². The molecular weight excluding hydrogens is 432 g/mol. The lowest BCUT2D eigenvalue weighted by molar-refractivity contribution is 0.0944. The van der Waals surface area contributed by atoms with Crippen molar-refractivity contribution < 1.29 is 9.53 Å². The van der Waals surface area contributed by atoms with E-state index in [4.69, 9.17) is 16.3 Å². The molecule has 0 saturated heterocycles. The van der Waals surface area contributed by atoms with E-state index >= 15 is 0 Å². The average Bonchev–Trinajstić information content (AvgIpc) is 3.37. The van der Waals surface area contributed by atoms with Crippen LogP contribution in [-0.2, 0) is 13.7 Å². The number of aromatic nitrogens is 3. The molecule has 0 spiro atoms. The van der Waals surface area contributed by atoms with E-state index < -0.39 is 0 Å². The Bertz CT molecular complexity index is 1170. The first-order valence-electron chi connectivity index (χ1n) is 9.69. The number of rotatable bonds is 7. The SMILES string of the molecule is Cc1nc(COc2ccc(Cl)cc2)sc1C(=O)NC(c1ccccc1)c1nccn1C. The molecule has 0 radical (unpaired) electrons. The maximum absolute atomic E-state index is 13.1. The van der Waals surface area contributed by atoms with Crippen LogP contribution < -0.4 is 10.1 Å². The van der Waals surface area contributed by atoms with E-state index in [1.54, 1.807) is 30.5 Å². The van der Waals surface area contributed by atoms with Crippen LogP contribution in [0.2, 0.25) is 5.02 Å². The predicted molar refractivity (Wildman–Crippen MR) is 122 cm³/mol. The van der Waals surface area contributed by atoms with Gasteiger partial charge in [0.1, 0.15) is 34.1 Å². The van der Waals surface area contributed by atoms with Gasteiger partial charge in [-0.2, -0.15) is 0 Å². The van der Waals surface area contributed by atoms with E-state index in [1.165, 1.54) is 11.3 Å². The van der Waals surface area contributed by atoms with Crippen LogP contribution in [-0.4, -0.2) is 20.4 Å². The van der Waals surface area contributed by atoms with Crippen LogP contribution >= 0.6 is 22.9 Å². The molecule has 0 bridgehead atoms. The number of carbonyl (C=O) groups excluding carboxylic acids is 1. The van der Waals surface area contributed by atoms with Crippen molar-refractivity contribution in [3.63, 3.8) is 0 Å². The highest BCUT2D eigenvalue weighted by molar-refractivity contribution is 7.13. The summed E-state index contributed by atoms with van der Waals surface area (Å²) in [6.07, 6.45) is 3.59. The van der Waals surface area contributed by atoms with Gasteiger partial charge in [0, 0.05) is 24.5 Å². The molecule has 0 aliphatic heterocycles. The Labute approximate surface area is 189 Å². The Balaban J connectivity index is 1.51. The van der Waals surface area contributed by atoms with Crippen LogP contribution in [0.25, 0.3) is 0 Å². The number of nitrogens with zero attached hydrogens (tertiary/aromatic N) is 3. The van der Waals surface area contributed by atoms with E-state index in [0.29, 0.717) is 21.3 Å². The summed E-state index contributed by atoms with van der Waals surface area (Å²) in [4.78, 5) is 22.7. The quantitative estimate of drug-likeness (QED) is 0.431. The molecule has 158 valence electrons. The molecule has 0 aliphatic carbocycles. The van der Waals surface area contributed by atoms with Gasteiger partial charge in [0.15, 0.2) is 0 Å². The molecule has 0 saturated carbocycles. The van der Waals surface area contributed by atoms with Crippen LogP contribution in [0.5, 0.6) is 5.75 Å². The molecule has 0 fully saturated rings. The Kier molecular flexibility index (Phi) is 6.34. The monoisotopic (exact) mass is 452 g/mol. The van der Waals surface area contributed by atoms with Crippen molar-refractivity contribution >= 4 is 28.8 Å². The summed E-state index contributed by atoms with van der Waals surface area (Å²) in [6, 6.07) is 16.6. The predicted octanol–water partition coefficient (Wildman–Crippen LogP) is 4.94. The average molecular weight is 453 g/mol. The standard InChI is InChI=1S/C23H21ClN4O2S/c1-15-21(31-19(26-15)14-30-18-10-8-17(24)9-11-18)23(29)27-20(16-6-4-3-5-7-16)22-25-12-13-28(22)2/h3-13,20H,14H2,1-2H3,(H,27,29). The van der Waals surface area contributed by atoms with E-state index in [0.717, 1.165) is 16.4 Å². The summed E-state index contributed by atoms with van der Waals surface area (Å²) in [6.45, 7) is 2.11. The van der Waals surface area contributed by atoms with Gasteiger partial charge in [0.05, 0.1) is 5.69 Å². The Morgan fingerprint density at radius 3 is 2.61 bits per heavy atom. The zero-order valence-electron chi connectivity index (χ0n) is 17.1. The number of aryl methyl sites for hydroxylation is 2. The van der Waals surface area contributed by atoms with Gasteiger partial charge in [-0.25, -0.2) is 9.97 Å². The number of hydrogen-bond donors (Lipinski definition) is 1. The zero-order chi connectivity index (χ0) is 21.8. The number of carbonyl (C=O) groups is 1. The van der Waals surface area contributed by atoms with Crippen molar-refractivity contribution in [1.29, 1.82) is 0 Å². The summed E-state index contributed by atoms with van der Waals surface area (Å²) in [5.74, 6) is 1.26. The highest BCUT2D eigenvalue weighted by atomic mass is 35.5. The molecule has 2 aromatic heterocycles. The van der Waals surface area contributed by atoms with E-state index in [9.17, 15) is 4.79 Å². The van der Waals surface area contributed by atoms with Crippen molar-refractivity contribution in [3.8, 4) is 5.75 Å². The van der Waals surface area contributed by atoms with Crippen molar-refractivity contribution in [1.82, 2.24) is 19.9 Å². The van der Waals surface area contributed by atoms with Gasteiger partial charge in [-0.1, -0.05) is 41.9 Å². The number of amides is 1. The summed E-state index contributed by atoms with van der Waals surface area (Å²) in [5.41, 5.74) is 1.63. The molecule has 31 heavy (non-hydrogen) atoms. The van der Waals surface area contributed by atoms with Crippen LogP contribution in [0.15, 0.2) is 67.0 Å². The molecule has 2 heterocycles. The minimum absolute atomic E-state index is 0.190. The zero-order valence-corrected chi connectivity index (χ0v) is 18.7. The van der Waals surface area contributed by atoms with Crippen molar-refractivity contribution in [2.45, 2.75) is 19.6 Å². The summed E-state index contributed by atoms with van der Waals surface area (Å²) >= 11 is 7.23. The first kappa shape index (κ1) is 21.1. The Hall–Kier alpha value is -3.16. The van der Waals surface area contributed by atoms with Gasteiger partial charge in [-0.3, -0.25) is 4.79 Å². The highest BCUT2D eigenvalue weighted by Gasteiger charge is 2.24. The fourth-order valence-electron chi connectivity index (χ4n) is 3.19. The fourth-order valence-corrected chi connectivity index (χ4v) is 4.20. The Morgan fingerprint density at radius 2 is 1.94 bits per heavy atom. The third-order valence-corrected chi connectivity index (χ3v) is 6.13. The Morgan fingerprint density at radius 1 is 1.19 bits per heavy atom. The van der Waals surface area contributed by atoms with Gasteiger partial charge in [0.2, 0.25) is 0 Å². The molecule has 6 nitrogen and oxygen atoms in total. The maximum atomic E-state index is 13.1. The smallest absolute Gasteiger partial charge is 0.264 e. The summed E-state index contributed by atoms with van der Waals surface area (Å²) in [7, 11) is 1.91. The molecule has 1 atom stereocenters. The van der Waals surface area contributed by atoms with Gasteiger partial charge in [-0.15, -0.1) is 11.3 Å². The number of thiazole rings is 1. The molecule has 1 unspecified atom stereocenters. The topological polar surface area (TPSA) is 69.0 Å². The molecule has 4 rings (SSSR count). The molecule has 8 heteroatoms. The number of halogens is 1. The number of ether oxygens (including phenoxy) is 1. The van der Waals surface area contributed by atoms with Crippen molar-refractivity contribution in [3.05, 3.63) is 99.0 Å². The minimum atomic E-state index is -0.371. The van der Waals surface area contributed by atoms with E-state index in [1.807, 2.05) is 55.1 Å². The molecule has 0 aliphatic rings. The second-order valence-electron chi connectivity index (χ2n) is 6.98. The third-order valence-electron chi connectivity index (χ3n) is 4.75. The normalized spacial score (nSPS) is 11.8. The van der Waals surface area contributed by atoms with Crippen LogP contribution in [0.4, 0.5) is 0 Å². The lowest BCUT2D eigenvalue weighted by Gasteiger charge is -2.19. The number of hydrogen-bond acceptors (Lipinski definition) is 5. The van der Waals surface area contributed by atoms with Crippen LogP contribution in [0.1, 0.15) is 37.8 Å². The summed E-state index contributed by atoms with van der Waals surface area (Å²) in [5, 5.41) is 4.50. The number of benzene rings is 2. The summed E-state index contributed by atoms with van der Waals surface area (Å²) < 4.78 is 7.67. The number of imidazole rings is 1. The molecule has 2 aromatic carbocycles. The van der Waals surface area contributed by atoms with Crippen LogP contribution in [0, 0.1) is 6.92 Å². The maximum Gasteiger partial charge on any atom is 0.264 e. The number of nitrogens with one attached hydrogen (secondary N) is 1. The lowest BCUT2D eigenvalue weighted by atomic mass is 10.1. The highest BCUT2D eigenvalue weighted by Crippen LogP contribution is 2.25. The fraction of sp³-hybridized carbons (Fsp3) is 0.174. The first-order chi connectivity index (χ1) is 15.0. The molecule has 1 amide bonds. The molecule has 4 aromatic rings. The minimum Gasteiger partial charge on any atom is -0.486 e. The molecular formula is C23H21ClN4O2S. The lowest BCUT2D eigenvalue weighted by Crippen LogP contribution is -2.31. The first-order valence-corrected chi connectivity index (χ1v) is 10.9. The van der Waals surface area contributed by atoms with E-state index in [2.05, 4.69) is 15.3 Å². The third kappa shape index (κ3) is 4.95. The second-order valence-corrected chi connectivity index (χ2v) is 8.50. The van der Waals surface area contributed by atoms with Crippen molar-refractivity contribution in [2.75, 3.05) is 0 Å². The van der Waals surface area contributed by atoms with Crippen molar-refractivity contribution in [2.24, 2.45) is 7.05 Å². The van der Waals surface area contributed by atoms with Gasteiger partial charge >= 0.3 is 0 Å². The van der Waals surface area contributed by atoms with Crippen LogP contribution in [0.3, 0.4) is 0 Å². The molecule has 1 N–H and O–H groups in total. The van der Waals surface area contributed by atoms with E-state index in [-0.39, 0.29) is 18.6 Å². The van der Waals surface area contributed by atoms with Gasteiger partial charge in [0.25, 0.3) is 5.91 Å². The largest absolute Gasteiger partial charge is 0.486 e. The second kappa shape index (κ2) is 9.32.